The molecule has 0 aromatic carbocycles. The van der Waals surface area contributed by atoms with Crippen molar-refractivity contribution in [2.45, 2.75) is 38.9 Å². The van der Waals surface area contributed by atoms with Crippen LogP contribution in [0, 0.1) is 13.8 Å². The number of anilines is 1. The van der Waals surface area contributed by atoms with Crippen molar-refractivity contribution in [2.24, 2.45) is 0 Å². The van der Waals surface area contributed by atoms with Crippen LogP contribution in [-0.4, -0.2) is 59.1 Å². The van der Waals surface area contributed by atoms with Gasteiger partial charge < -0.3 is 14.4 Å². The van der Waals surface area contributed by atoms with Crippen LogP contribution in [0.4, 0.5) is 10.6 Å². The molecule has 22 heavy (non-hydrogen) atoms. The average molecular weight is 306 g/mol. The van der Waals surface area contributed by atoms with Gasteiger partial charge in [0.15, 0.2) is 5.82 Å². The molecule has 1 spiro atoms. The first-order valence-electron chi connectivity index (χ1n) is 7.60. The number of hydrogen-bond acceptors (Lipinski definition) is 5. The van der Waals surface area contributed by atoms with E-state index in [9.17, 15) is 4.79 Å². The van der Waals surface area contributed by atoms with Crippen LogP contribution >= 0.6 is 0 Å². The first-order chi connectivity index (χ1) is 10.5. The van der Waals surface area contributed by atoms with Crippen LogP contribution < -0.4 is 5.32 Å². The summed E-state index contributed by atoms with van der Waals surface area (Å²) in [6.07, 6.45) is 0.817. The highest BCUT2D eigenvalue weighted by Gasteiger charge is 2.44. The number of carbonyl (C=O) groups excluding carboxylic acids is 1. The highest BCUT2D eigenvalue weighted by atomic mass is 16.6. The Kier molecular flexibility index (Phi) is 4.01. The topological polar surface area (TPSA) is 76.6 Å². The van der Waals surface area contributed by atoms with Gasteiger partial charge in [-0.2, -0.15) is 5.10 Å². The summed E-state index contributed by atoms with van der Waals surface area (Å²) in [5, 5.41) is 10.9. The van der Waals surface area contributed by atoms with Gasteiger partial charge in [0.1, 0.15) is 5.60 Å². The van der Waals surface area contributed by atoms with E-state index in [-0.39, 0.29) is 17.7 Å². The number of morpholine rings is 1. The predicted molar refractivity (Wildman–Crippen MR) is 80.8 cm³/mol. The number of aromatic nitrogens is 2. The monoisotopic (exact) mass is 306 g/mol. The second-order valence-corrected chi connectivity index (χ2v) is 6.22. The van der Waals surface area contributed by atoms with Crippen LogP contribution in [0.25, 0.3) is 0 Å². The van der Waals surface area contributed by atoms with Gasteiger partial charge in [-0.15, -0.1) is 5.10 Å². The SMILES string of the molecule is Cc1cc(NC(=O)N2C[C@@H](C)O[C@]3(CCOC3)C2)nnc1C. The molecule has 1 aromatic heterocycles. The molecular weight excluding hydrogens is 284 g/mol. The molecule has 7 nitrogen and oxygen atoms in total. The molecule has 1 aromatic rings. The van der Waals surface area contributed by atoms with E-state index in [4.69, 9.17) is 9.47 Å². The van der Waals surface area contributed by atoms with Gasteiger partial charge in [-0.3, -0.25) is 5.32 Å². The Labute approximate surface area is 130 Å². The number of nitrogens with zero attached hydrogens (tertiary/aromatic N) is 3. The number of carbonyl (C=O) groups is 1. The zero-order valence-electron chi connectivity index (χ0n) is 13.3. The Hall–Kier alpha value is -1.73. The molecule has 0 radical (unpaired) electrons. The third-order valence-electron chi connectivity index (χ3n) is 4.23. The lowest BCUT2D eigenvalue weighted by molar-refractivity contribution is -0.136. The summed E-state index contributed by atoms with van der Waals surface area (Å²) in [5.74, 6) is 0.476. The van der Waals surface area contributed by atoms with Crippen molar-refractivity contribution in [2.75, 3.05) is 31.6 Å². The molecule has 0 aliphatic carbocycles. The zero-order chi connectivity index (χ0) is 15.7. The average Bonchev–Trinajstić information content (AvgIpc) is 2.89. The van der Waals surface area contributed by atoms with Crippen LogP contribution in [0.5, 0.6) is 0 Å². The summed E-state index contributed by atoms with van der Waals surface area (Å²) in [4.78, 5) is 14.3. The second-order valence-electron chi connectivity index (χ2n) is 6.22. The highest BCUT2D eigenvalue weighted by molar-refractivity contribution is 5.88. The highest BCUT2D eigenvalue weighted by Crippen LogP contribution is 2.30. The molecule has 2 aliphatic heterocycles. The van der Waals surface area contributed by atoms with Crippen molar-refractivity contribution >= 4 is 11.8 Å². The Morgan fingerprint density at radius 3 is 2.95 bits per heavy atom. The molecular formula is C15H22N4O3. The van der Waals surface area contributed by atoms with E-state index in [0.29, 0.717) is 32.1 Å². The lowest BCUT2D eigenvalue weighted by Gasteiger charge is -2.42. The standard InChI is InChI=1S/C15H22N4O3/c1-10-6-13(18-17-12(10)3)16-14(20)19-7-11(2)22-15(8-19)4-5-21-9-15/h6,11H,4-5,7-9H2,1-3H3,(H,16,18,20)/t11-,15-/m1/s1. The largest absolute Gasteiger partial charge is 0.378 e. The molecule has 0 saturated carbocycles. The maximum absolute atomic E-state index is 12.5. The van der Waals surface area contributed by atoms with Gasteiger partial charge in [0, 0.05) is 19.6 Å². The van der Waals surface area contributed by atoms with Crippen molar-refractivity contribution in [1.82, 2.24) is 15.1 Å². The minimum Gasteiger partial charge on any atom is -0.378 e. The van der Waals surface area contributed by atoms with E-state index in [1.807, 2.05) is 26.8 Å². The zero-order valence-corrected chi connectivity index (χ0v) is 13.3. The van der Waals surface area contributed by atoms with Crippen LogP contribution in [0.1, 0.15) is 24.6 Å². The summed E-state index contributed by atoms with van der Waals surface area (Å²) in [7, 11) is 0. The maximum atomic E-state index is 12.5. The first-order valence-corrected chi connectivity index (χ1v) is 7.60. The molecule has 120 valence electrons. The number of ether oxygens (including phenoxy) is 2. The maximum Gasteiger partial charge on any atom is 0.323 e. The van der Waals surface area contributed by atoms with E-state index in [2.05, 4.69) is 15.5 Å². The Balaban J connectivity index is 1.69. The van der Waals surface area contributed by atoms with E-state index < -0.39 is 0 Å². The first kappa shape index (κ1) is 15.2. The number of aryl methyl sites for hydroxylation is 2. The lowest BCUT2D eigenvalue weighted by Crippen LogP contribution is -2.57. The van der Waals surface area contributed by atoms with Gasteiger partial charge in [0.05, 0.1) is 24.9 Å². The smallest absolute Gasteiger partial charge is 0.323 e. The number of amides is 2. The van der Waals surface area contributed by atoms with Crippen LogP contribution in [0.2, 0.25) is 0 Å². The number of hydrogen-bond donors (Lipinski definition) is 1. The van der Waals surface area contributed by atoms with Gasteiger partial charge in [-0.05, 0) is 32.4 Å². The van der Waals surface area contributed by atoms with E-state index in [1.54, 1.807) is 4.90 Å². The molecule has 3 rings (SSSR count). The summed E-state index contributed by atoms with van der Waals surface area (Å²) in [6, 6.07) is 1.66. The van der Waals surface area contributed by atoms with E-state index in [0.717, 1.165) is 17.7 Å². The lowest BCUT2D eigenvalue weighted by atomic mass is 9.99. The summed E-state index contributed by atoms with van der Waals surface area (Å²) in [5.41, 5.74) is 1.51. The van der Waals surface area contributed by atoms with Gasteiger partial charge >= 0.3 is 6.03 Å². The van der Waals surface area contributed by atoms with E-state index >= 15 is 0 Å². The van der Waals surface area contributed by atoms with Crippen molar-refractivity contribution in [3.8, 4) is 0 Å². The van der Waals surface area contributed by atoms with Gasteiger partial charge in [0.2, 0.25) is 0 Å². The quantitative estimate of drug-likeness (QED) is 0.851. The summed E-state index contributed by atoms with van der Waals surface area (Å²) in [6.45, 7) is 8.15. The minimum atomic E-state index is -0.357. The number of rotatable bonds is 1. The fourth-order valence-electron chi connectivity index (χ4n) is 2.98. The van der Waals surface area contributed by atoms with Crippen LogP contribution in [0.3, 0.4) is 0 Å². The van der Waals surface area contributed by atoms with E-state index in [1.165, 1.54) is 0 Å². The van der Waals surface area contributed by atoms with Crippen molar-refractivity contribution < 1.29 is 14.3 Å². The Bertz CT molecular complexity index is 572. The molecule has 2 atom stereocenters. The third-order valence-corrected chi connectivity index (χ3v) is 4.23. The predicted octanol–water partition coefficient (Wildman–Crippen LogP) is 1.51. The normalized spacial score (nSPS) is 28.1. The minimum absolute atomic E-state index is 0.00737. The van der Waals surface area contributed by atoms with Crippen LogP contribution in [-0.2, 0) is 9.47 Å². The Morgan fingerprint density at radius 2 is 2.27 bits per heavy atom. The molecule has 2 saturated heterocycles. The summed E-state index contributed by atoms with van der Waals surface area (Å²) >= 11 is 0. The number of urea groups is 1. The van der Waals surface area contributed by atoms with Gasteiger partial charge in [-0.1, -0.05) is 0 Å². The number of nitrogens with one attached hydrogen (secondary N) is 1. The van der Waals surface area contributed by atoms with Crippen molar-refractivity contribution in [3.63, 3.8) is 0 Å². The third kappa shape index (κ3) is 3.05. The summed E-state index contributed by atoms with van der Waals surface area (Å²) < 4.78 is 11.5. The molecule has 7 heteroatoms. The fraction of sp³-hybridized carbons (Fsp3) is 0.667. The molecule has 1 N–H and O–H groups in total. The van der Waals surface area contributed by atoms with Crippen LogP contribution in [0.15, 0.2) is 6.07 Å². The molecule has 3 heterocycles. The van der Waals surface area contributed by atoms with Crippen molar-refractivity contribution in [3.05, 3.63) is 17.3 Å². The van der Waals surface area contributed by atoms with Gasteiger partial charge in [-0.25, -0.2) is 4.79 Å². The molecule has 0 unspecified atom stereocenters. The molecule has 2 fully saturated rings. The fourth-order valence-corrected chi connectivity index (χ4v) is 2.98. The van der Waals surface area contributed by atoms with Gasteiger partial charge in [0.25, 0.3) is 0 Å². The molecule has 0 bridgehead atoms. The molecule has 2 aliphatic rings. The Morgan fingerprint density at radius 1 is 1.45 bits per heavy atom. The second kappa shape index (κ2) is 5.81. The van der Waals surface area contributed by atoms with Crippen molar-refractivity contribution in [1.29, 1.82) is 0 Å². The molecule has 2 amide bonds.